The van der Waals surface area contributed by atoms with E-state index in [0.29, 0.717) is 10.4 Å². The predicted octanol–water partition coefficient (Wildman–Crippen LogP) is 3.66. The molecular formula is C11H17Cl3N2S. The van der Waals surface area contributed by atoms with E-state index in [1.54, 1.807) is 0 Å². The fourth-order valence-corrected chi connectivity index (χ4v) is 3.49. The van der Waals surface area contributed by atoms with Crippen molar-refractivity contribution >= 4 is 46.9 Å². The van der Waals surface area contributed by atoms with Gasteiger partial charge < -0.3 is 5.32 Å². The van der Waals surface area contributed by atoms with Crippen molar-refractivity contribution in [3.63, 3.8) is 0 Å². The molecule has 0 spiro atoms. The van der Waals surface area contributed by atoms with E-state index in [0.717, 1.165) is 24.7 Å². The van der Waals surface area contributed by atoms with E-state index >= 15 is 0 Å². The van der Waals surface area contributed by atoms with Gasteiger partial charge in [0.25, 0.3) is 0 Å². The molecule has 2 heterocycles. The molecule has 0 bridgehead atoms. The van der Waals surface area contributed by atoms with Crippen LogP contribution in [0, 0.1) is 0 Å². The van der Waals surface area contributed by atoms with Gasteiger partial charge in [0.2, 0.25) is 0 Å². The van der Waals surface area contributed by atoms with Crippen molar-refractivity contribution in [2.24, 2.45) is 0 Å². The number of likely N-dealkylation sites (tertiary alicyclic amines) is 1. The van der Waals surface area contributed by atoms with Crippen molar-refractivity contribution in [1.29, 1.82) is 0 Å². The molecule has 1 saturated heterocycles. The molecule has 0 aliphatic carbocycles. The normalized spacial score (nSPS) is 20.5. The first-order valence-corrected chi connectivity index (χ1v) is 7.16. The van der Waals surface area contributed by atoms with Crippen LogP contribution in [0.4, 0.5) is 0 Å². The van der Waals surface area contributed by atoms with Gasteiger partial charge in [-0.25, -0.2) is 0 Å². The van der Waals surface area contributed by atoms with Crippen LogP contribution in [0.2, 0.25) is 9.36 Å². The van der Waals surface area contributed by atoms with E-state index in [-0.39, 0.29) is 12.4 Å². The average Bonchev–Trinajstić information content (AvgIpc) is 2.82. The zero-order valence-corrected chi connectivity index (χ0v) is 12.9. The van der Waals surface area contributed by atoms with Crippen molar-refractivity contribution < 1.29 is 0 Å². The minimum absolute atomic E-state index is 0. The van der Waals surface area contributed by atoms with Gasteiger partial charge in [0, 0.05) is 19.1 Å². The molecule has 1 fully saturated rings. The van der Waals surface area contributed by atoms with Crippen LogP contribution < -0.4 is 5.32 Å². The van der Waals surface area contributed by atoms with Gasteiger partial charge in [-0.05, 0) is 37.4 Å². The Morgan fingerprint density at radius 1 is 1.53 bits per heavy atom. The molecule has 0 amide bonds. The topological polar surface area (TPSA) is 15.3 Å². The number of hydrogen-bond donors (Lipinski definition) is 1. The SMILES string of the molecule is CNCC1CCCN1Cc1csc(Cl)c1Cl.Cl. The van der Waals surface area contributed by atoms with Crippen LogP contribution in [0.1, 0.15) is 18.4 Å². The molecule has 1 aromatic heterocycles. The zero-order chi connectivity index (χ0) is 11.5. The summed E-state index contributed by atoms with van der Waals surface area (Å²) in [4.78, 5) is 2.49. The summed E-state index contributed by atoms with van der Waals surface area (Å²) in [5.41, 5.74) is 1.17. The Morgan fingerprint density at radius 3 is 2.88 bits per heavy atom. The van der Waals surface area contributed by atoms with Gasteiger partial charge in [-0.2, -0.15) is 0 Å². The highest BCUT2D eigenvalue weighted by atomic mass is 35.5. The summed E-state index contributed by atoms with van der Waals surface area (Å²) in [5.74, 6) is 0. The molecule has 1 aliphatic rings. The summed E-state index contributed by atoms with van der Waals surface area (Å²) in [7, 11) is 2.00. The largest absolute Gasteiger partial charge is 0.318 e. The summed E-state index contributed by atoms with van der Waals surface area (Å²) < 4.78 is 0.709. The van der Waals surface area contributed by atoms with Gasteiger partial charge in [0.1, 0.15) is 4.34 Å². The number of thiophene rings is 1. The molecule has 0 saturated carbocycles. The highest BCUT2D eigenvalue weighted by Gasteiger charge is 2.24. The van der Waals surface area contributed by atoms with Gasteiger partial charge >= 0.3 is 0 Å². The summed E-state index contributed by atoms with van der Waals surface area (Å²) in [5, 5.41) is 6.05. The highest BCUT2D eigenvalue weighted by Crippen LogP contribution is 2.34. The van der Waals surface area contributed by atoms with Crippen molar-refractivity contribution in [2.75, 3.05) is 20.1 Å². The first kappa shape index (κ1) is 15.5. The molecule has 2 nitrogen and oxygen atoms in total. The smallest absolute Gasteiger partial charge is 0.112 e. The Balaban J connectivity index is 0.00000144. The second kappa shape index (κ2) is 7.17. The summed E-state index contributed by atoms with van der Waals surface area (Å²) in [6.07, 6.45) is 2.55. The van der Waals surface area contributed by atoms with E-state index in [1.165, 1.54) is 29.7 Å². The number of nitrogens with one attached hydrogen (secondary N) is 1. The third kappa shape index (κ3) is 3.72. The Kier molecular flexibility index (Phi) is 6.56. The van der Waals surface area contributed by atoms with Crippen LogP contribution in [0.3, 0.4) is 0 Å². The number of halogens is 3. The van der Waals surface area contributed by atoms with Crippen LogP contribution in [0.25, 0.3) is 0 Å². The Bertz CT molecular complexity index is 356. The van der Waals surface area contributed by atoms with Crippen molar-refractivity contribution in [2.45, 2.75) is 25.4 Å². The lowest BCUT2D eigenvalue weighted by molar-refractivity contribution is 0.242. The summed E-state index contributed by atoms with van der Waals surface area (Å²) >= 11 is 13.6. The molecule has 17 heavy (non-hydrogen) atoms. The minimum Gasteiger partial charge on any atom is -0.318 e. The van der Waals surface area contributed by atoms with E-state index in [1.807, 2.05) is 7.05 Å². The lowest BCUT2D eigenvalue weighted by Gasteiger charge is -2.23. The number of nitrogens with zero attached hydrogens (tertiary/aromatic N) is 1. The first-order chi connectivity index (χ1) is 7.72. The zero-order valence-electron chi connectivity index (χ0n) is 9.71. The molecule has 1 atom stereocenters. The Labute approximate surface area is 123 Å². The van der Waals surface area contributed by atoms with Gasteiger partial charge in [-0.1, -0.05) is 23.2 Å². The molecule has 0 aromatic carbocycles. The lowest BCUT2D eigenvalue weighted by Crippen LogP contribution is -2.36. The summed E-state index contributed by atoms with van der Waals surface area (Å²) in [6, 6.07) is 0.639. The third-order valence-corrected chi connectivity index (χ3v) is 4.98. The number of likely N-dealkylation sites (N-methyl/N-ethyl adjacent to an activating group) is 1. The van der Waals surface area contributed by atoms with Crippen LogP contribution in [-0.4, -0.2) is 31.1 Å². The van der Waals surface area contributed by atoms with E-state index in [2.05, 4.69) is 15.6 Å². The molecule has 1 unspecified atom stereocenters. The third-order valence-electron chi connectivity index (χ3n) is 3.07. The predicted molar refractivity (Wildman–Crippen MR) is 78.9 cm³/mol. The Hall–Kier alpha value is 0.490. The van der Waals surface area contributed by atoms with E-state index < -0.39 is 0 Å². The number of rotatable bonds is 4. The standard InChI is InChI=1S/C11H16Cl2N2S.ClH/c1-14-5-9-3-2-4-15(9)6-8-7-16-11(13)10(8)12;/h7,9,14H,2-6H2,1H3;1H. The molecule has 6 heteroatoms. The van der Waals surface area contributed by atoms with Gasteiger partial charge in [-0.15, -0.1) is 23.7 Å². The maximum atomic E-state index is 6.15. The van der Waals surface area contributed by atoms with Gasteiger partial charge in [-0.3, -0.25) is 4.90 Å². The molecule has 2 rings (SSSR count). The van der Waals surface area contributed by atoms with E-state index in [9.17, 15) is 0 Å². The summed E-state index contributed by atoms with van der Waals surface area (Å²) in [6.45, 7) is 3.14. The van der Waals surface area contributed by atoms with Crippen molar-refractivity contribution in [1.82, 2.24) is 10.2 Å². The van der Waals surface area contributed by atoms with Crippen LogP contribution in [0.15, 0.2) is 5.38 Å². The maximum absolute atomic E-state index is 6.15. The van der Waals surface area contributed by atoms with Gasteiger partial charge in [0.05, 0.1) is 5.02 Å². The van der Waals surface area contributed by atoms with E-state index in [4.69, 9.17) is 23.2 Å². The van der Waals surface area contributed by atoms with Crippen molar-refractivity contribution in [3.05, 3.63) is 20.3 Å². The molecule has 0 radical (unpaired) electrons. The van der Waals surface area contributed by atoms with Crippen LogP contribution in [-0.2, 0) is 6.54 Å². The molecule has 98 valence electrons. The molecule has 1 N–H and O–H groups in total. The number of hydrogen-bond acceptors (Lipinski definition) is 3. The monoisotopic (exact) mass is 314 g/mol. The lowest BCUT2D eigenvalue weighted by atomic mass is 10.2. The van der Waals surface area contributed by atoms with Gasteiger partial charge in [0.15, 0.2) is 0 Å². The second-order valence-corrected chi connectivity index (χ2v) is 6.03. The van der Waals surface area contributed by atoms with Crippen LogP contribution in [0.5, 0.6) is 0 Å². The fraction of sp³-hybridized carbons (Fsp3) is 0.636. The maximum Gasteiger partial charge on any atom is 0.112 e. The van der Waals surface area contributed by atoms with Crippen molar-refractivity contribution in [3.8, 4) is 0 Å². The first-order valence-electron chi connectivity index (χ1n) is 5.52. The quantitative estimate of drug-likeness (QED) is 0.912. The van der Waals surface area contributed by atoms with Crippen LogP contribution >= 0.6 is 46.9 Å². The fourth-order valence-electron chi connectivity index (χ4n) is 2.25. The molecule has 1 aliphatic heterocycles. The molecular weight excluding hydrogens is 299 g/mol. The minimum atomic E-state index is 0. The Morgan fingerprint density at radius 2 is 2.29 bits per heavy atom. The highest BCUT2D eigenvalue weighted by molar-refractivity contribution is 7.15. The average molecular weight is 316 g/mol. The molecule has 1 aromatic rings. The second-order valence-electron chi connectivity index (χ2n) is 4.17.